The number of anilines is 2. The molecule has 0 bridgehead atoms. The zero-order chi connectivity index (χ0) is 18.4. The Bertz CT molecular complexity index is 863. The molecule has 9 heteroatoms. The number of carboxylic acids is 1. The second kappa shape index (κ2) is 7.68. The van der Waals surface area contributed by atoms with Gasteiger partial charge in [0.15, 0.2) is 11.5 Å². The summed E-state index contributed by atoms with van der Waals surface area (Å²) in [5.41, 5.74) is 1.99. The Balaban J connectivity index is 2.23. The highest BCUT2D eigenvalue weighted by molar-refractivity contribution is 6.67. The maximum atomic E-state index is 12.2. The van der Waals surface area contributed by atoms with Crippen molar-refractivity contribution in [1.29, 1.82) is 0 Å². The molecule has 0 atom stereocenters. The van der Waals surface area contributed by atoms with Crippen LogP contribution in [0, 0.1) is 0 Å². The summed E-state index contributed by atoms with van der Waals surface area (Å²) in [6.45, 7) is 1.14. The Kier molecular flexibility index (Phi) is 5.41. The maximum Gasteiger partial charge on any atom is 0.337 e. The fraction of sp³-hybridized carbons (Fsp3) is 0.0625. The number of aromatic nitrogens is 1. The lowest BCUT2D eigenvalue weighted by Gasteiger charge is -2.08. The van der Waals surface area contributed by atoms with Crippen molar-refractivity contribution in [3.8, 4) is 5.88 Å². The first-order valence-corrected chi connectivity index (χ1v) is 7.03. The number of hydrogen-bond acceptors (Lipinski definition) is 7. The van der Waals surface area contributed by atoms with E-state index in [2.05, 4.69) is 20.8 Å². The average molecular weight is 342 g/mol. The van der Waals surface area contributed by atoms with Crippen LogP contribution in [0.4, 0.5) is 11.5 Å². The van der Waals surface area contributed by atoms with Gasteiger partial charge in [-0.05, 0) is 18.2 Å². The molecule has 0 saturated carbocycles. The first-order valence-electron chi connectivity index (χ1n) is 7.03. The number of aromatic hydroxyl groups is 1. The first kappa shape index (κ1) is 17.6. The second-order valence-electron chi connectivity index (χ2n) is 4.81. The Morgan fingerprint density at radius 3 is 2.44 bits per heavy atom. The highest BCUT2D eigenvalue weighted by Gasteiger charge is 2.18. The summed E-state index contributed by atoms with van der Waals surface area (Å²) in [4.78, 5) is 38.6. The summed E-state index contributed by atoms with van der Waals surface area (Å²) >= 11 is 0. The minimum absolute atomic E-state index is 0.0323. The third kappa shape index (κ3) is 4.61. The van der Waals surface area contributed by atoms with E-state index in [9.17, 15) is 19.5 Å². The van der Waals surface area contributed by atoms with Crippen LogP contribution in [0.3, 0.4) is 0 Å². The third-order valence-corrected chi connectivity index (χ3v) is 2.97. The molecule has 0 saturated heterocycles. The van der Waals surface area contributed by atoms with Crippen molar-refractivity contribution in [2.45, 2.75) is 6.92 Å². The van der Waals surface area contributed by atoms with Crippen molar-refractivity contribution in [2.24, 2.45) is 5.10 Å². The van der Waals surface area contributed by atoms with Gasteiger partial charge in [0, 0.05) is 13.0 Å². The van der Waals surface area contributed by atoms with Gasteiger partial charge < -0.3 is 15.5 Å². The smallest absolute Gasteiger partial charge is 0.337 e. The number of hydrogen-bond donors (Lipinski definition) is 4. The molecule has 128 valence electrons. The van der Waals surface area contributed by atoms with E-state index in [1.807, 2.05) is 0 Å². The molecule has 1 aromatic heterocycles. The Morgan fingerprint density at radius 1 is 1.08 bits per heavy atom. The molecule has 0 aliphatic rings. The van der Waals surface area contributed by atoms with Crippen LogP contribution in [0.15, 0.2) is 47.6 Å². The molecule has 25 heavy (non-hydrogen) atoms. The van der Waals surface area contributed by atoms with E-state index >= 15 is 0 Å². The molecule has 0 aliphatic carbocycles. The SMILES string of the molecule is CC(=O)/C(=N\Nc1ccccc1C(=O)O)C(=O)Nc1cccc(O)n1. The number of rotatable bonds is 6. The number of carboxylic acid groups (broad SMARTS) is 1. The van der Waals surface area contributed by atoms with E-state index in [0.29, 0.717) is 0 Å². The lowest BCUT2D eigenvalue weighted by atomic mass is 10.2. The summed E-state index contributed by atoms with van der Waals surface area (Å²) in [5, 5.41) is 24.4. The van der Waals surface area contributed by atoms with E-state index in [4.69, 9.17) is 5.11 Å². The number of Topliss-reactive ketones (excluding diaryl/α,β-unsaturated/α-hetero) is 1. The van der Waals surface area contributed by atoms with Gasteiger partial charge in [0.2, 0.25) is 5.88 Å². The molecule has 0 unspecified atom stereocenters. The first-order chi connectivity index (χ1) is 11.9. The van der Waals surface area contributed by atoms with Gasteiger partial charge in [-0.1, -0.05) is 18.2 Å². The largest absolute Gasteiger partial charge is 0.493 e. The molecule has 9 nitrogen and oxygen atoms in total. The highest BCUT2D eigenvalue weighted by Crippen LogP contribution is 2.15. The third-order valence-electron chi connectivity index (χ3n) is 2.97. The normalized spacial score (nSPS) is 10.8. The van der Waals surface area contributed by atoms with Gasteiger partial charge in [-0.3, -0.25) is 15.0 Å². The summed E-state index contributed by atoms with van der Waals surface area (Å²) < 4.78 is 0. The predicted octanol–water partition coefficient (Wildman–Crippen LogP) is 1.48. The van der Waals surface area contributed by atoms with E-state index < -0.39 is 23.4 Å². The highest BCUT2D eigenvalue weighted by atomic mass is 16.4. The van der Waals surface area contributed by atoms with Crippen molar-refractivity contribution in [2.75, 3.05) is 10.7 Å². The zero-order valence-corrected chi connectivity index (χ0v) is 13.1. The molecular weight excluding hydrogens is 328 g/mol. The summed E-state index contributed by atoms with van der Waals surface area (Å²) in [6.07, 6.45) is 0. The van der Waals surface area contributed by atoms with Crippen molar-refractivity contribution in [3.63, 3.8) is 0 Å². The number of nitrogens with one attached hydrogen (secondary N) is 2. The van der Waals surface area contributed by atoms with Crippen LogP contribution in [0.1, 0.15) is 17.3 Å². The van der Waals surface area contributed by atoms with Gasteiger partial charge in [-0.25, -0.2) is 4.79 Å². The molecule has 2 aromatic rings. The summed E-state index contributed by atoms with van der Waals surface area (Å²) in [5.74, 6) is -2.95. The number of aromatic carboxylic acids is 1. The van der Waals surface area contributed by atoms with Gasteiger partial charge in [0.1, 0.15) is 5.82 Å². The van der Waals surface area contributed by atoms with Crippen LogP contribution < -0.4 is 10.7 Å². The van der Waals surface area contributed by atoms with Crippen molar-refractivity contribution in [1.82, 2.24) is 4.98 Å². The van der Waals surface area contributed by atoms with Gasteiger partial charge in [0.05, 0.1) is 11.3 Å². The lowest BCUT2D eigenvalue weighted by Crippen LogP contribution is -2.29. The van der Waals surface area contributed by atoms with Gasteiger partial charge in [-0.15, -0.1) is 0 Å². The quantitative estimate of drug-likeness (QED) is 0.354. The molecular formula is C16H14N4O5. The van der Waals surface area contributed by atoms with Crippen molar-refractivity contribution in [3.05, 3.63) is 48.0 Å². The number of ketones is 1. The fourth-order valence-corrected chi connectivity index (χ4v) is 1.84. The molecule has 4 N–H and O–H groups in total. The number of carbonyl (C=O) groups excluding carboxylic acids is 2. The number of benzene rings is 1. The Morgan fingerprint density at radius 2 is 1.80 bits per heavy atom. The number of amides is 1. The fourth-order valence-electron chi connectivity index (χ4n) is 1.84. The van der Waals surface area contributed by atoms with Crippen LogP contribution in [-0.2, 0) is 9.59 Å². The van der Waals surface area contributed by atoms with Crippen LogP contribution in [0.5, 0.6) is 5.88 Å². The number of para-hydroxylation sites is 1. The van der Waals surface area contributed by atoms with Crippen LogP contribution in [0.2, 0.25) is 0 Å². The molecule has 0 radical (unpaired) electrons. The summed E-state index contributed by atoms with van der Waals surface area (Å²) in [7, 11) is 0. The number of hydrazone groups is 1. The average Bonchev–Trinajstić information content (AvgIpc) is 2.55. The topological polar surface area (TPSA) is 141 Å². The molecule has 1 aromatic carbocycles. The molecule has 0 spiro atoms. The van der Waals surface area contributed by atoms with Crippen molar-refractivity contribution < 1.29 is 24.6 Å². The second-order valence-corrected chi connectivity index (χ2v) is 4.81. The monoisotopic (exact) mass is 342 g/mol. The minimum Gasteiger partial charge on any atom is -0.493 e. The molecule has 0 fully saturated rings. The predicted molar refractivity (Wildman–Crippen MR) is 89.7 cm³/mol. The lowest BCUT2D eigenvalue weighted by molar-refractivity contribution is -0.114. The Hall–Kier alpha value is -3.75. The molecule has 1 heterocycles. The van der Waals surface area contributed by atoms with Crippen molar-refractivity contribution >= 4 is 34.9 Å². The van der Waals surface area contributed by atoms with E-state index in [0.717, 1.165) is 6.92 Å². The van der Waals surface area contributed by atoms with Crippen LogP contribution in [0.25, 0.3) is 0 Å². The number of carbonyl (C=O) groups is 3. The summed E-state index contributed by atoms with van der Waals surface area (Å²) in [6, 6.07) is 10.1. The number of pyridine rings is 1. The molecule has 2 rings (SSSR count). The maximum absolute atomic E-state index is 12.2. The van der Waals surface area contributed by atoms with Gasteiger partial charge in [0.25, 0.3) is 5.91 Å². The molecule has 0 aliphatic heterocycles. The van der Waals surface area contributed by atoms with E-state index in [1.54, 1.807) is 6.07 Å². The van der Waals surface area contributed by atoms with Gasteiger partial charge in [-0.2, -0.15) is 10.1 Å². The number of nitrogens with zero attached hydrogens (tertiary/aromatic N) is 2. The molecule has 1 amide bonds. The van der Waals surface area contributed by atoms with Gasteiger partial charge >= 0.3 is 5.97 Å². The van der Waals surface area contributed by atoms with Crippen LogP contribution >= 0.6 is 0 Å². The van der Waals surface area contributed by atoms with E-state index in [-0.39, 0.29) is 22.9 Å². The van der Waals surface area contributed by atoms with Crippen LogP contribution in [-0.4, -0.2) is 38.6 Å². The zero-order valence-electron chi connectivity index (χ0n) is 13.1. The standard InChI is InChI=1S/C16H14N4O5/c1-9(21)14(15(23)18-12-7-4-8-13(22)17-12)20-19-11-6-3-2-5-10(11)16(24)25/h2-8,19H,1H3,(H,24,25)(H2,17,18,22,23)/b20-14+. The van der Waals surface area contributed by atoms with E-state index in [1.165, 1.54) is 36.4 Å². The Labute approximate surface area is 142 Å². The minimum atomic E-state index is -1.18.